The highest BCUT2D eigenvalue weighted by Crippen LogP contribution is 2.26. The molecule has 8 heteroatoms. The highest BCUT2D eigenvalue weighted by Gasteiger charge is 2.20. The Kier molecular flexibility index (Phi) is 7.16. The third-order valence-electron chi connectivity index (χ3n) is 3.73. The Hall–Kier alpha value is -0.800. The summed E-state index contributed by atoms with van der Waals surface area (Å²) in [6.07, 6.45) is -0.832. The fourth-order valence-corrected chi connectivity index (χ4v) is 2.94. The lowest BCUT2D eigenvalue weighted by Gasteiger charge is -2.35. The number of aliphatic hydroxyl groups excluding tert-OH is 2. The zero-order valence-electron chi connectivity index (χ0n) is 12.7. The van der Waals surface area contributed by atoms with Crippen molar-refractivity contribution in [2.75, 3.05) is 52.5 Å². The summed E-state index contributed by atoms with van der Waals surface area (Å²) in [7, 11) is 0. The van der Waals surface area contributed by atoms with Crippen LogP contribution in [-0.4, -0.2) is 78.6 Å². The summed E-state index contributed by atoms with van der Waals surface area (Å²) in [6.45, 7) is 4.20. The molecule has 0 amide bonds. The number of β-amino-alcohol motifs (C(OH)–C–C–N with tert-alkyl or cyclic N) is 2. The van der Waals surface area contributed by atoms with Crippen molar-refractivity contribution in [1.29, 1.82) is 0 Å². The van der Waals surface area contributed by atoms with E-state index in [4.69, 9.17) is 9.84 Å². The molecule has 0 spiro atoms. The Labute approximate surface area is 142 Å². The summed E-state index contributed by atoms with van der Waals surface area (Å²) in [4.78, 5) is 4.21. The first kappa shape index (κ1) is 18.5. The first-order valence-corrected chi connectivity index (χ1v) is 8.30. The number of ether oxygens (including phenoxy) is 1. The number of rotatable bonds is 7. The van der Waals surface area contributed by atoms with Gasteiger partial charge in [0.05, 0.1) is 6.61 Å². The summed E-state index contributed by atoms with van der Waals surface area (Å²) in [5.74, 6) is -2.08. The highest BCUT2D eigenvalue weighted by atomic mass is 79.9. The van der Waals surface area contributed by atoms with E-state index in [0.29, 0.717) is 17.6 Å². The fourth-order valence-electron chi connectivity index (χ4n) is 2.53. The van der Waals surface area contributed by atoms with Crippen LogP contribution in [0.1, 0.15) is 0 Å². The van der Waals surface area contributed by atoms with Crippen LogP contribution in [0.15, 0.2) is 16.6 Å². The lowest BCUT2D eigenvalue weighted by Crippen LogP contribution is -2.49. The molecule has 2 rings (SSSR count). The first-order chi connectivity index (χ1) is 11.0. The second-order valence-electron chi connectivity index (χ2n) is 5.53. The molecule has 130 valence electrons. The van der Waals surface area contributed by atoms with Gasteiger partial charge in [0.1, 0.15) is 12.7 Å². The predicted octanol–water partition coefficient (Wildman–Crippen LogP) is 1.08. The smallest absolute Gasteiger partial charge is 0.190 e. The van der Waals surface area contributed by atoms with E-state index >= 15 is 0 Å². The van der Waals surface area contributed by atoms with E-state index in [1.165, 1.54) is 0 Å². The molecule has 1 saturated heterocycles. The van der Waals surface area contributed by atoms with E-state index < -0.39 is 23.5 Å². The van der Waals surface area contributed by atoms with Crippen LogP contribution in [0.5, 0.6) is 5.75 Å². The standard InChI is InChI=1S/C15H21BrF2N2O3/c16-11-7-13(17)15(14(18)8-11)23-10-12(22)9-20-3-1-19(2-4-20)5-6-21/h7-8,12,21-22H,1-6,9-10H2/t12-/m0/s1. The molecule has 5 nitrogen and oxygen atoms in total. The van der Waals surface area contributed by atoms with E-state index in [1.54, 1.807) is 0 Å². The number of hydrogen-bond donors (Lipinski definition) is 2. The number of nitrogens with zero attached hydrogens (tertiary/aromatic N) is 2. The first-order valence-electron chi connectivity index (χ1n) is 7.50. The SMILES string of the molecule is OCCN1CCN(C[C@H](O)COc2c(F)cc(Br)cc2F)CC1. The number of halogens is 3. The minimum atomic E-state index is -0.832. The van der Waals surface area contributed by atoms with Gasteiger partial charge in [0.2, 0.25) is 0 Å². The predicted molar refractivity (Wildman–Crippen MR) is 85.5 cm³/mol. The molecular weight excluding hydrogens is 374 g/mol. The second kappa shape index (κ2) is 8.89. The largest absolute Gasteiger partial charge is 0.485 e. The van der Waals surface area contributed by atoms with Crippen molar-refractivity contribution in [3.8, 4) is 5.75 Å². The third kappa shape index (κ3) is 5.65. The lowest BCUT2D eigenvalue weighted by molar-refractivity contribution is 0.0411. The Morgan fingerprint density at radius 2 is 1.70 bits per heavy atom. The van der Waals surface area contributed by atoms with Crippen molar-refractivity contribution in [3.05, 3.63) is 28.2 Å². The summed E-state index contributed by atoms with van der Waals surface area (Å²) < 4.78 is 32.6. The van der Waals surface area contributed by atoms with E-state index in [1.807, 2.05) is 0 Å². The molecule has 0 radical (unpaired) electrons. The van der Waals surface area contributed by atoms with Gasteiger partial charge in [0.15, 0.2) is 17.4 Å². The van der Waals surface area contributed by atoms with Gasteiger partial charge in [-0.2, -0.15) is 0 Å². The van der Waals surface area contributed by atoms with Crippen molar-refractivity contribution < 1.29 is 23.7 Å². The third-order valence-corrected chi connectivity index (χ3v) is 4.19. The average Bonchev–Trinajstić information content (AvgIpc) is 2.48. The Balaban J connectivity index is 1.77. The van der Waals surface area contributed by atoms with Gasteiger partial charge >= 0.3 is 0 Å². The van der Waals surface area contributed by atoms with Crippen LogP contribution in [0.3, 0.4) is 0 Å². The summed E-state index contributed by atoms with van der Waals surface area (Å²) in [5.41, 5.74) is 0. The summed E-state index contributed by atoms with van der Waals surface area (Å²) in [6, 6.07) is 2.23. The number of benzene rings is 1. The molecule has 1 atom stereocenters. The van der Waals surface area contributed by atoms with E-state index in [-0.39, 0.29) is 13.2 Å². The molecular formula is C15H21BrF2N2O3. The zero-order valence-corrected chi connectivity index (χ0v) is 14.3. The number of hydrogen-bond acceptors (Lipinski definition) is 5. The molecule has 1 aromatic carbocycles. The van der Waals surface area contributed by atoms with Crippen molar-refractivity contribution in [2.24, 2.45) is 0 Å². The molecule has 1 heterocycles. The van der Waals surface area contributed by atoms with Crippen molar-refractivity contribution in [2.45, 2.75) is 6.10 Å². The van der Waals surface area contributed by atoms with Crippen LogP contribution in [0, 0.1) is 11.6 Å². The van der Waals surface area contributed by atoms with Crippen LogP contribution in [0.4, 0.5) is 8.78 Å². The quantitative estimate of drug-likeness (QED) is 0.724. The van der Waals surface area contributed by atoms with Crippen LogP contribution < -0.4 is 4.74 Å². The van der Waals surface area contributed by atoms with Crippen LogP contribution in [0.25, 0.3) is 0 Å². The number of aliphatic hydroxyl groups is 2. The highest BCUT2D eigenvalue weighted by molar-refractivity contribution is 9.10. The van der Waals surface area contributed by atoms with Gasteiger partial charge in [-0.1, -0.05) is 15.9 Å². The maximum atomic E-state index is 13.6. The number of piperazine rings is 1. The molecule has 0 unspecified atom stereocenters. The molecule has 1 aliphatic rings. The molecule has 2 N–H and O–H groups in total. The van der Waals surface area contributed by atoms with Crippen molar-refractivity contribution in [1.82, 2.24) is 9.80 Å². The van der Waals surface area contributed by atoms with Crippen LogP contribution in [-0.2, 0) is 0 Å². The molecule has 23 heavy (non-hydrogen) atoms. The topological polar surface area (TPSA) is 56.2 Å². The average molecular weight is 395 g/mol. The van der Waals surface area contributed by atoms with Gasteiger partial charge in [-0.3, -0.25) is 9.80 Å². The van der Waals surface area contributed by atoms with E-state index in [9.17, 15) is 13.9 Å². The van der Waals surface area contributed by atoms with Crippen molar-refractivity contribution in [3.63, 3.8) is 0 Å². The van der Waals surface area contributed by atoms with Crippen LogP contribution >= 0.6 is 15.9 Å². The minimum Gasteiger partial charge on any atom is -0.485 e. The monoisotopic (exact) mass is 394 g/mol. The molecule has 1 aromatic rings. The summed E-state index contributed by atoms with van der Waals surface area (Å²) in [5, 5.41) is 18.9. The molecule has 0 aliphatic carbocycles. The Morgan fingerprint density at radius 3 is 2.26 bits per heavy atom. The molecule has 0 aromatic heterocycles. The second-order valence-corrected chi connectivity index (χ2v) is 6.44. The van der Waals surface area contributed by atoms with Gasteiger partial charge in [-0.05, 0) is 12.1 Å². The van der Waals surface area contributed by atoms with Gasteiger partial charge in [-0.15, -0.1) is 0 Å². The summed E-state index contributed by atoms with van der Waals surface area (Å²) >= 11 is 3.00. The van der Waals surface area contributed by atoms with Gasteiger partial charge < -0.3 is 14.9 Å². The lowest BCUT2D eigenvalue weighted by atomic mass is 10.2. The maximum absolute atomic E-state index is 13.6. The van der Waals surface area contributed by atoms with Crippen LogP contribution in [0.2, 0.25) is 0 Å². The zero-order chi connectivity index (χ0) is 16.8. The molecule has 0 bridgehead atoms. The molecule has 1 aliphatic heterocycles. The fraction of sp³-hybridized carbons (Fsp3) is 0.600. The van der Waals surface area contributed by atoms with Crippen molar-refractivity contribution >= 4 is 15.9 Å². The van der Waals surface area contributed by atoms with Gasteiger partial charge in [0.25, 0.3) is 0 Å². The molecule has 0 saturated carbocycles. The van der Waals surface area contributed by atoms with Gasteiger partial charge in [0, 0.05) is 43.7 Å². The Bertz CT molecular complexity index is 490. The van der Waals surface area contributed by atoms with Gasteiger partial charge in [-0.25, -0.2) is 8.78 Å². The maximum Gasteiger partial charge on any atom is 0.190 e. The Morgan fingerprint density at radius 1 is 1.13 bits per heavy atom. The minimum absolute atomic E-state index is 0.140. The van der Waals surface area contributed by atoms with E-state index in [2.05, 4.69) is 25.7 Å². The molecule has 1 fully saturated rings. The van der Waals surface area contributed by atoms with E-state index in [0.717, 1.165) is 38.3 Å². The normalized spacial score (nSPS) is 18.1.